The Hall–Kier alpha value is -2.46. The molecule has 0 N–H and O–H groups in total. The highest BCUT2D eigenvalue weighted by atomic mass is 79.9. The first kappa shape index (κ1) is 15.1. The zero-order valence-electron chi connectivity index (χ0n) is 12.9. The molecule has 0 unspecified atom stereocenters. The fourth-order valence-corrected chi connectivity index (χ4v) is 3.05. The molecule has 1 heterocycles. The maximum absolute atomic E-state index is 5.82. The van der Waals surface area contributed by atoms with Crippen molar-refractivity contribution in [2.45, 2.75) is 0 Å². The van der Waals surface area contributed by atoms with E-state index in [1.807, 2.05) is 60.7 Å². The Bertz CT molecular complexity index is 990. The summed E-state index contributed by atoms with van der Waals surface area (Å²) in [5, 5.41) is 2.17. The second kappa shape index (κ2) is 6.57. The van der Waals surface area contributed by atoms with Crippen LogP contribution >= 0.6 is 15.9 Å². The molecule has 0 spiro atoms. The maximum atomic E-state index is 5.82. The molecule has 0 aliphatic carbocycles. The fraction of sp³-hybridized carbons (Fsp3) is 0.100. The largest absolute Gasteiger partial charge is 0.490 e. The molecule has 0 saturated carbocycles. The lowest BCUT2D eigenvalue weighted by molar-refractivity contribution is 0.217. The quantitative estimate of drug-likeness (QED) is 0.408. The summed E-state index contributed by atoms with van der Waals surface area (Å²) in [6, 6.07) is 21.7. The van der Waals surface area contributed by atoms with Gasteiger partial charge in [-0.3, -0.25) is 0 Å². The predicted molar refractivity (Wildman–Crippen MR) is 98.9 cm³/mol. The number of para-hydroxylation sites is 1. The van der Waals surface area contributed by atoms with Crippen LogP contribution in [0.5, 0.6) is 11.5 Å². The van der Waals surface area contributed by atoms with E-state index in [0.717, 1.165) is 37.9 Å². The molecule has 0 fully saturated rings. The van der Waals surface area contributed by atoms with Gasteiger partial charge in [-0.2, -0.15) is 0 Å². The van der Waals surface area contributed by atoms with Gasteiger partial charge in [-0.15, -0.1) is 0 Å². The Kier molecular flexibility index (Phi) is 4.13. The van der Waals surface area contributed by atoms with Crippen LogP contribution in [0.1, 0.15) is 0 Å². The lowest BCUT2D eigenvalue weighted by atomic mass is 10.1. The minimum absolute atomic E-state index is 0.480. The van der Waals surface area contributed by atoms with Crippen LogP contribution in [0.2, 0.25) is 0 Å². The van der Waals surface area contributed by atoms with Gasteiger partial charge in [0.05, 0.1) is 0 Å². The molecule has 120 valence electrons. The van der Waals surface area contributed by atoms with Crippen molar-refractivity contribution in [3.63, 3.8) is 0 Å². The van der Waals surface area contributed by atoms with E-state index in [1.54, 1.807) is 0 Å². The van der Waals surface area contributed by atoms with E-state index in [-0.39, 0.29) is 0 Å². The van der Waals surface area contributed by atoms with Gasteiger partial charge >= 0.3 is 0 Å². The minimum Gasteiger partial charge on any atom is -0.490 e. The number of ether oxygens (including phenoxy) is 2. The third kappa shape index (κ3) is 3.10. The summed E-state index contributed by atoms with van der Waals surface area (Å²) in [5.41, 5.74) is 1.76. The first-order valence-electron chi connectivity index (χ1n) is 7.72. The molecular weight excluding hydrogens is 368 g/mol. The molecule has 24 heavy (non-hydrogen) atoms. The van der Waals surface area contributed by atoms with Crippen LogP contribution in [0.25, 0.3) is 21.9 Å². The SMILES string of the molecule is Brc1cccc(OCCOc2ccc3oc4ccccc4c3c2)c1. The number of halogens is 1. The highest BCUT2D eigenvalue weighted by Crippen LogP contribution is 2.31. The fourth-order valence-electron chi connectivity index (χ4n) is 2.67. The maximum Gasteiger partial charge on any atom is 0.135 e. The van der Waals surface area contributed by atoms with Gasteiger partial charge < -0.3 is 13.9 Å². The van der Waals surface area contributed by atoms with Crippen LogP contribution in [-0.2, 0) is 0 Å². The molecule has 3 aromatic carbocycles. The van der Waals surface area contributed by atoms with Crippen molar-refractivity contribution in [3.8, 4) is 11.5 Å². The van der Waals surface area contributed by atoms with Gasteiger partial charge in [0, 0.05) is 15.2 Å². The molecule has 1 aromatic heterocycles. The van der Waals surface area contributed by atoms with Crippen molar-refractivity contribution < 1.29 is 13.9 Å². The van der Waals surface area contributed by atoms with Crippen LogP contribution < -0.4 is 9.47 Å². The number of benzene rings is 3. The van der Waals surface area contributed by atoms with E-state index in [4.69, 9.17) is 13.9 Å². The summed E-state index contributed by atoms with van der Waals surface area (Å²) in [4.78, 5) is 0. The van der Waals surface area contributed by atoms with E-state index < -0.39 is 0 Å². The van der Waals surface area contributed by atoms with E-state index in [1.165, 1.54) is 0 Å². The van der Waals surface area contributed by atoms with Crippen molar-refractivity contribution in [1.82, 2.24) is 0 Å². The number of hydrogen-bond acceptors (Lipinski definition) is 3. The summed E-state index contributed by atoms with van der Waals surface area (Å²) in [5.74, 6) is 1.64. The van der Waals surface area contributed by atoms with Crippen molar-refractivity contribution >= 4 is 37.9 Å². The molecule has 0 radical (unpaired) electrons. The average Bonchev–Trinajstić information content (AvgIpc) is 2.97. The monoisotopic (exact) mass is 382 g/mol. The Morgan fingerprint density at radius 3 is 2.29 bits per heavy atom. The van der Waals surface area contributed by atoms with Gasteiger partial charge in [-0.05, 0) is 42.5 Å². The third-order valence-electron chi connectivity index (χ3n) is 3.77. The van der Waals surface area contributed by atoms with Crippen molar-refractivity contribution in [2.75, 3.05) is 13.2 Å². The summed E-state index contributed by atoms with van der Waals surface area (Å²) in [7, 11) is 0. The van der Waals surface area contributed by atoms with E-state index in [0.29, 0.717) is 13.2 Å². The van der Waals surface area contributed by atoms with Crippen molar-refractivity contribution in [2.24, 2.45) is 0 Å². The second-order valence-corrected chi connectivity index (χ2v) is 6.33. The average molecular weight is 383 g/mol. The zero-order chi connectivity index (χ0) is 16.4. The molecule has 0 bridgehead atoms. The molecule has 4 aromatic rings. The Labute approximate surface area is 147 Å². The minimum atomic E-state index is 0.480. The zero-order valence-corrected chi connectivity index (χ0v) is 14.5. The first-order valence-corrected chi connectivity index (χ1v) is 8.51. The number of fused-ring (bicyclic) bond motifs is 3. The summed E-state index contributed by atoms with van der Waals surface area (Å²) in [6.07, 6.45) is 0. The van der Waals surface area contributed by atoms with Crippen LogP contribution in [0.4, 0.5) is 0 Å². The van der Waals surface area contributed by atoms with Gasteiger partial charge in [0.1, 0.15) is 35.9 Å². The predicted octanol–water partition coefficient (Wildman–Crippen LogP) is 5.81. The lowest BCUT2D eigenvalue weighted by Gasteiger charge is -2.08. The van der Waals surface area contributed by atoms with Gasteiger partial charge in [-0.1, -0.05) is 40.2 Å². The van der Waals surface area contributed by atoms with Gasteiger partial charge in [-0.25, -0.2) is 0 Å². The van der Waals surface area contributed by atoms with Gasteiger partial charge in [0.15, 0.2) is 0 Å². The normalized spacial score (nSPS) is 11.0. The molecule has 3 nitrogen and oxygen atoms in total. The van der Waals surface area contributed by atoms with E-state index >= 15 is 0 Å². The Morgan fingerprint density at radius 1 is 0.708 bits per heavy atom. The molecule has 0 amide bonds. The van der Waals surface area contributed by atoms with Crippen molar-refractivity contribution in [3.05, 3.63) is 71.2 Å². The highest BCUT2D eigenvalue weighted by Gasteiger charge is 2.07. The molecule has 0 atom stereocenters. The summed E-state index contributed by atoms with van der Waals surface area (Å²) < 4.78 is 18.3. The summed E-state index contributed by atoms with van der Waals surface area (Å²) >= 11 is 3.43. The standard InChI is InChI=1S/C20H15BrO3/c21-14-4-3-5-15(12-14)22-10-11-23-16-8-9-20-18(13-16)17-6-1-2-7-19(17)24-20/h1-9,12-13H,10-11H2. The molecule has 0 saturated heterocycles. The molecule has 0 aliphatic rings. The number of hydrogen-bond donors (Lipinski definition) is 0. The highest BCUT2D eigenvalue weighted by molar-refractivity contribution is 9.10. The molecular formula is C20H15BrO3. The van der Waals surface area contributed by atoms with Crippen LogP contribution in [0.3, 0.4) is 0 Å². The molecule has 0 aliphatic heterocycles. The lowest BCUT2D eigenvalue weighted by Crippen LogP contribution is -2.08. The third-order valence-corrected chi connectivity index (χ3v) is 4.26. The second-order valence-electron chi connectivity index (χ2n) is 5.41. The van der Waals surface area contributed by atoms with E-state index in [9.17, 15) is 0 Å². The first-order chi connectivity index (χ1) is 11.8. The van der Waals surface area contributed by atoms with E-state index in [2.05, 4.69) is 22.0 Å². The van der Waals surface area contributed by atoms with Gasteiger partial charge in [0.2, 0.25) is 0 Å². The van der Waals surface area contributed by atoms with Crippen LogP contribution in [-0.4, -0.2) is 13.2 Å². The molecule has 4 heteroatoms. The van der Waals surface area contributed by atoms with Gasteiger partial charge in [0.25, 0.3) is 0 Å². The Morgan fingerprint density at radius 2 is 1.46 bits per heavy atom. The van der Waals surface area contributed by atoms with Crippen LogP contribution in [0, 0.1) is 0 Å². The number of furan rings is 1. The smallest absolute Gasteiger partial charge is 0.135 e. The Balaban J connectivity index is 1.44. The van der Waals surface area contributed by atoms with Crippen molar-refractivity contribution in [1.29, 1.82) is 0 Å². The topological polar surface area (TPSA) is 31.6 Å². The van der Waals surface area contributed by atoms with Crippen LogP contribution in [0.15, 0.2) is 75.6 Å². The summed E-state index contributed by atoms with van der Waals surface area (Å²) in [6.45, 7) is 0.967. The molecule has 4 rings (SSSR count). The number of rotatable bonds is 5.